The lowest BCUT2D eigenvalue weighted by molar-refractivity contribution is -0.144. The molecule has 9 heteroatoms. The molecule has 1 aromatic rings. The van der Waals surface area contributed by atoms with E-state index in [1.165, 1.54) is 12.4 Å². The number of anilines is 1. The van der Waals surface area contributed by atoms with E-state index >= 15 is 0 Å². The lowest BCUT2D eigenvalue weighted by Crippen LogP contribution is -2.48. The Labute approximate surface area is 123 Å². The van der Waals surface area contributed by atoms with E-state index in [-0.39, 0.29) is 11.4 Å². The number of aromatic nitrogens is 2. The van der Waals surface area contributed by atoms with Crippen molar-refractivity contribution in [1.29, 1.82) is 0 Å². The minimum atomic E-state index is -1.56. The largest absolute Gasteiger partial charge is 0.491 e. The fourth-order valence-corrected chi connectivity index (χ4v) is 2.12. The molecule has 0 radical (unpaired) electrons. The molecule has 21 heavy (non-hydrogen) atoms. The maximum Gasteiger partial charge on any atom is 0.491 e. The first-order chi connectivity index (χ1) is 10.1. The molecular formula is C12H19BN4O4. The van der Waals surface area contributed by atoms with E-state index in [4.69, 9.17) is 14.8 Å². The summed E-state index contributed by atoms with van der Waals surface area (Å²) < 4.78 is 4.93. The van der Waals surface area contributed by atoms with Crippen molar-refractivity contribution < 1.29 is 19.6 Å². The van der Waals surface area contributed by atoms with Crippen LogP contribution in [0.25, 0.3) is 0 Å². The zero-order valence-electron chi connectivity index (χ0n) is 12.0. The van der Waals surface area contributed by atoms with Crippen LogP contribution in [-0.4, -0.2) is 77.3 Å². The second kappa shape index (κ2) is 7.35. The van der Waals surface area contributed by atoms with Gasteiger partial charge in [-0.05, 0) is 6.92 Å². The van der Waals surface area contributed by atoms with E-state index in [1.807, 2.05) is 9.80 Å². The van der Waals surface area contributed by atoms with E-state index in [0.29, 0.717) is 32.2 Å². The van der Waals surface area contributed by atoms with Gasteiger partial charge in [0, 0.05) is 44.0 Å². The Hall–Kier alpha value is -1.71. The lowest BCUT2D eigenvalue weighted by Gasteiger charge is -2.34. The normalized spacial score (nSPS) is 15.9. The highest BCUT2D eigenvalue weighted by Gasteiger charge is 2.21. The minimum Gasteiger partial charge on any atom is -0.465 e. The fraction of sp³-hybridized carbons (Fsp3) is 0.583. The number of carbonyl (C=O) groups is 1. The first-order valence-corrected chi connectivity index (χ1v) is 6.91. The quantitative estimate of drug-likeness (QED) is 0.468. The Morgan fingerprint density at radius 2 is 1.90 bits per heavy atom. The molecule has 0 atom stereocenters. The second-order valence-corrected chi connectivity index (χ2v) is 4.76. The van der Waals surface area contributed by atoms with Crippen LogP contribution in [0.5, 0.6) is 0 Å². The molecule has 0 saturated carbocycles. The van der Waals surface area contributed by atoms with Gasteiger partial charge in [0.25, 0.3) is 0 Å². The molecule has 2 rings (SSSR count). The highest BCUT2D eigenvalue weighted by molar-refractivity contribution is 6.58. The first-order valence-electron chi connectivity index (χ1n) is 6.91. The topological polar surface area (TPSA) is 99.0 Å². The molecule has 1 aliphatic rings. The molecular weight excluding hydrogens is 275 g/mol. The number of nitrogens with zero attached hydrogens (tertiary/aromatic N) is 4. The molecule has 0 amide bonds. The number of ether oxygens (including phenoxy) is 1. The monoisotopic (exact) mass is 294 g/mol. The van der Waals surface area contributed by atoms with E-state index in [2.05, 4.69) is 9.97 Å². The van der Waals surface area contributed by atoms with Gasteiger partial charge in [0.05, 0.1) is 13.2 Å². The van der Waals surface area contributed by atoms with E-state index < -0.39 is 7.12 Å². The molecule has 114 valence electrons. The fourth-order valence-electron chi connectivity index (χ4n) is 2.12. The number of piperazine rings is 1. The van der Waals surface area contributed by atoms with Gasteiger partial charge in [0.15, 0.2) is 0 Å². The van der Waals surface area contributed by atoms with Crippen LogP contribution in [0.3, 0.4) is 0 Å². The summed E-state index contributed by atoms with van der Waals surface area (Å²) in [4.78, 5) is 23.7. The van der Waals surface area contributed by atoms with Crippen LogP contribution in [0.2, 0.25) is 0 Å². The second-order valence-electron chi connectivity index (χ2n) is 4.76. The smallest absolute Gasteiger partial charge is 0.465 e. The molecule has 2 N–H and O–H groups in total. The molecule has 0 bridgehead atoms. The van der Waals surface area contributed by atoms with E-state index in [1.54, 1.807) is 6.92 Å². The van der Waals surface area contributed by atoms with Gasteiger partial charge < -0.3 is 19.7 Å². The third-order valence-corrected chi connectivity index (χ3v) is 3.27. The number of esters is 1. The molecule has 0 aromatic carbocycles. The van der Waals surface area contributed by atoms with Gasteiger partial charge in [-0.2, -0.15) is 0 Å². The third kappa shape index (κ3) is 4.38. The summed E-state index contributed by atoms with van der Waals surface area (Å²) in [6, 6.07) is 0. The zero-order chi connectivity index (χ0) is 15.2. The predicted octanol–water partition coefficient (Wildman–Crippen LogP) is -2.16. The number of hydrogen-bond acceptors (Lipinski definition) is 8. The van der Waals surface area contributed by atoms with Gasteiger partial charge >= 0.3 is 13.1 Å². The Balaban J connectivity index is 1.84. The van der Waals surface area contributed by atoms with Crippen LogP contribution in [-0.2, 0) is 9.53 Å². The Morgan fingerprint density at radius 1 is 1.29 bits per heavy atom. The van der Waals surface area contributed by atoms with Crippen molar-refractivity contribution in [2.75, 3.05) is 44.2 Å². The van der Waals surface area contributed by atoms with Crippen LogP contribution < -0.4 is 10.4 Å². The summed E-state index contributed by atoms with van der Waals surface area (Å²) >= 11 is 0. The zero-order valence-corrected chi connectivity index (χ0v) is 12.0. The SMILES string of the molecule is CCOC(=O)CN1CCN(c2ncc(B(O)O)cn2)CC1. The minimum absolute atomic E-state index is 0.205. The third-order valence-electron chi connectivity index (χ3n) is 3.27. The molecule has 8 nitrogen and oxygen atoms in total. The van der Waals surface area contributed by atoms with Gasteiger partial charge in [0.2, 0.25) is 5.95 Å². The van der Waals surface area contributed by atoms with Crippen LogP contribution in [0.4, 0.5) is 5.95 Å². The van der Waals surface area contributed by atoms with Gasteiger partial charge in [-0.1, -0.05) is 0 Å². The molecule has 0 aliphatic carbocycles. The van der Waals surface area contributed by atoms with Gasteiger partial charge in [0.1, 0.15) is 0 Å². The number of carbonyl (C=O) groups excluding carboxylic acids is 1. The summed E-state index contributed by atoms with van der Waals surface area (Å²) in [5.74, 6) is 0.346. The molecule has 1 fully saturated rings. The van der Waals surface area contributed by atoms with Crippen molar-refractivity contribution in [3.63, 3.8) is 0 Å². The summed E-state index contributed by atoms with van der Waals surface area (Å²) in [5.41, 5.74) is 0.264. The molecule has 1 aliphatic heterocycles. The molecule has 2 heterocycles. The lowest BCUT2D eigenvalue weighted by atomic mass is 9.83. The van der Waals surface area contributed by atoms with Crippen molar-refractivity contribution in [2.24, 2.45) is 0 Å². The molecule has 1 saturated heterocycles. The summed E-state index contributed by atoms with van der Waals surface area (Å²) in [6.45, 7) is 5.37. The van der Waals surface area contributed by atoms with Crippen LogP contribution in [0.1, 0.15) is 6.92 Å². The molecule has 1 aromatic heterocycles. The van der Waals surface area contributed by atoms with Crippen LogP contribution >= 0.6 is 0 Å². The Morgan fingerprint density at radius 3 is 2.43 bits per heavy atom. The van der Waals surface area contributed by atoms with E-state index in [0.717, 1.165) is 13.1 Å². The molecule has 0 unspecified atom stereocenters. The van der Waals surface area contributed by atoms with Gasteiger partial charge in [-0.25, -0.2) is 9.97 Å². The first kappa shape index (κ1) is 15.7. The molecule has 0 spiro atoms. The van der Waals surface area contributed by atoms with Crippen LogP contribution in [0, 0.1) is 0 Å². The summed E-state index contributed by atoms with van der Waals surface area (Å²) in [7, 11) is -1.56. The Bertz CT molecular complexity index is 463. The maximum absolute atomic E-state index is 11.4. The van der Waals surface area contributed by atoms with Crippen LogP contribution in [0.15, 0.2) is 12.4 Å². The van der Waals surface area contributed by atoms with Gasteiger partial charge in [-0.3, -0.25) is 9.69 Å². The average molecular weight is 294 g/mol. The number of hydrogen-bond donors (Lipinski definition) is 2. The van der Waals surface area contributed by atoms with Crippen molar-refractivity contribution in [3.8, 4) is 0 Å². The predicted molar refractivity (Wildman–Crippen MR) is 77.1 cm³/mol. The Kier molecular flexibility index (Phi) is 5.48. The number of rotatable bonds is 5. The van der Waals surface area contributed by atoms with Crippen molar-refractivity contribution >= 4 is 24.5 Å². The maximum atomic E-state index is 11.4. The van der Waals surface area contributed by atoms with Crippen molar-refractivity contribution in [1.82, 2.24) is 14.9 Å². The van der Waals surface area contributed by atoms with Crippen molar-refractivity contribution in [2.45, 2.75) is 6.92 Å². The highest BCUT2D eigenvalue weighted by Crippen LogP contribution is 2.09. The standard InChI is InChI=1S/C12H19BN4O4/c1-2-21-11(18)9-16-3-5-17(6-4-16)12-14-7-10(8-15-12)13(19)20/h7-8,19-20H,2-6,9H2,1H3. The highest BCUT2D eigenvalue weighted by atomic mass is 16.5. The van der Waals surface area contributed by atoms with Gasteiger partial charge in [-0.15, -0.1) is 0 Å². The van der Waals surface area contributed by atoms with E-state index in [9.17, 15) is 4.79 Å². The van der Waals surface area contributed by atoms with Crippen molar-refractivity contribution in [3.05, 3.63) is 12.4 Å². The summed E-state index contributed by atoms with van der Waals surface area (Å²) in [5, 5.41) is 18.0. The summed E-state index contributed by atoms with van der Waals surface area (Å²) in [6.07, 6.45) is 2.80. The average Bonchev–Trinajstić information content (AvgIpc) is 2.48.